The molecule has 10 heteroatoms. The van der Waals surface area contributed by atoms with Crippen LogP contribution in [0.2, 0.25) is 0 Å². The molecule has 1 aliphatic heterocycles. The SMILES string of the molecule is CC(C)(C)OC(=O)[C@@H]1CC[C@@](NC(=O)OCC2c3ccccc3-c3ccccc32)(C(=O)O)CN1C(=O)OCc1ccccc1. The van der Waals surface area contributed by atoms with Gasteiger partial charge in [0.15, 0.2) is 5.54 Å². The first-order valence-corrected chi connectivity index (χ1v) is 14.5. The summed E-state index contributed by atoms with van der Waals surface area (Å²) in [5.41, 5.74) is 2.10. The molecule has 0 bridgehead atoms. The van der Waals surface area contributed by atoms with E-state index in [-0.39, 0.29) is 32.0 Å². The molecule has 0 unspecified atom stereocenters. The van der Waals surface area contributed by atoms with Crippen LogP contribution in [0.3, 0.4) is 0 Å². The third-order valence-corrected chi connectivity index (χ3v) is 7.87. The Morgan fingerprint density at radius 2 is 1.48 bits per heavy atom. The number of aliphatic carboxylic acids is 1. The van der Waals surface area contributed by atoms with E-state index in [9.17, 15) is 24.3 Å². The zero-order chi connectivity index (χ0) is 31.5. The van der Waals surface area contributed by atoms with Gasteiger partial charge in [-0.3, -0.25) is 4.90 Å². The number of rotatable bonds is 7. The molecule has 2 aliphatic rings. The Kier molecular flexibility index (Phi) is 8.62. The van der Waals surface area contributed by atoms with Crippen molar-refractivity contribution in [3.8, 4) is 11.1 Å². The normalized spacial score (nSPS) is 19.3. The minimum Gasteiger partial charge on any atom is -0.479 e. The van der Waals surface area contributed by atoms with Gasteiger partial charge in [-0.05, 0) is 61.4 Å². The van der Waals surface area contributed by atoms with E-state index in [1.807, 2.05) is 54.6 Å². The lowest BCUT2D eigenvalue weighted by atomic mass is 9.85. The number of nitrogens with zero attached hydrogens (tertiary/aromatic N) is 1. The number of hydrogen-bond donors (Lipinski definition) is 2. The Labute approximate surface area is 255 Å². The van der Waals surface area contributed by atoms with Gasteiger partial charge in [-0.1, -0.05) is 78.9 Å². The number of benzene rings is 3. The number of piperidine rings is 1. The van der Waals surface area contributed by atoms with Crippen molar-refractivity contribution in [2.45, 2.75) is 63.3 Å². The molecule has 1 saturated heterocycles. The van der Waals surface area contributed by atoms with Crippen LogP contribution in [0, 0.1) is 0 Å². The van der Waals surface area contributed by atoms with Gasteiger partial charge < -0.3 is 24.6 Å². The third kappa shape index (κ3) is 6.54. The summed E-state index contributed by atoms with van der Waals surface area (Å²) in [6, 6.07) is 23.6. The fraction of sp³-hybridized carbons (Fsp3) is 0.353. The number of ether oxygens (including phenoxy) is 3. The fourth-order valence-electron chi connectivity index (χ4n) is 5.79. The number of fused-ring (bicyclic) bond motifs is 3. The molecule has 5 rings (SSSR count). The number of alkyl carbamates (subject to hydrolysis) is 1. The molecular formula is C34H36N2O8. The molecule has 1 heterocycles. The number of carbonyl (C=O) groups excluding carboxylic acids is 3. The summed E-state index contributed by atoms with van der Waals surface area (Å²) >= 11 is 0. The summed E-state index contributed by atoms with van der Waals surface area (Å²) in [5, 5.41) is 12.8. The first kappa shape index (κ1) is 30.6. The lowest BCUT2D eigenvalue weighted by Gasteiger charge is -2.43. The Hall–Kier alpha value is -4.86. The maximum atomic E-state index is 13.3. The van der Waals surface area contributed by atoms with Crippen molar-refractivity contribution in [1.29, 1.82) is 0 Å². The van der Waals surface area contributed by atoms with Crippen molar-refractivity contribution in [3.05, 3.63) is 95.6 Å². The number of nitrogens with one attached hydrogen (secondary N) is 1. The van der Waals surface area contributed by atoms with Gasteiger partial charge in [-0.2, -0.15) is 0 Å². The van der Waals surface area contributed by atoms with Crippen LogP contribution in [0.25, 0.3) is 11.1 Å². The van der Waals surface area contributed by atoms with Crippen molar-refractivity contribution < 1.29 is 38.5 Å². The van der Waals surface area contributed by atoms with E-state index in [2.05, 4.69) is 5.32 Å². The highest BCUT2D eigenvalue weighted by Crippen LogP contribution is 2.44. The van der Waals surface area contributed by atoms with Crippen molar-refractivity contribution in [3.63, 3.8) is 0 Å². The second-order valence-corrected chi connectivity index (χ2v) is 12.1. The molecule has 1 fully saturated rings. The number of carbonyl (C=O) groups is 4. The van der Waals surface area contributed by atoms with Crippen LogP contribution in [0.4, 0.5) is 9.59 Å². The van der Waals surface area contributed by atoms with Crippen molar-refractivity contribution in [1.82, 2.24) is 10.2 Å². The molecule has 3 aromatic carbocycles. The molecule has 10 nitrogen and oxygen atoms in total. The highest BCUT2D eigenvalue weighted by molar-refractivity contribution is 5.88. The molecule has 0 aromatic heterocycles. The number of likely N-dealkylation sites (tertiary alicyclic amines) is 1. The number of carboxylic acids is 1. The van der Waals surface area contributed by atoms with E-state index < -0.39 is 47.9 Å². The van der Waals surface area contributed by atoms with Gasteiger partial charge >= 0.3 is 24.1 Å². The molecular weight excluding hydrogens is 564 g/mol. The first-order valence-electron chi connectivity index (χ1n) is 14.5. The molecule has 0 radical (unpaired) electrons. The lowest BCUT2D eigenvalue weighted by molar-refractivity contribution is -0.165. The predicted octanol–water partition coefficient (Wildman–Crippen LogP) is 5.49. The van der Waals surface area contributed by atoms with Crippen LogP contribution in [0.1, 0.15) is 56.2 Å². The van der Waals surface area contributed by atoms with Gasteiger partial charge in [-0.25, -0.2) is 19.2 Å². The Bertz CT molecular complexity index is 1500. The molecule has 0 spiro atoms. The lowest BCUT2D eigenvalue weighted by Crippen LogP contribution is -2.67. The molecule has 2 amide bonds. The van der Waals surface area contributed by atoms with Gasteiger partial charge in [0, 0.05) is 5.92 Å². The molecule has 1 aliphatic carbocycles. The fourth-order valence-corrected chi connectivity index (χ4v) is 5.79. The summed E-state index contributed by atoms with van der Waals surface area (Å²) in [5.74, 6) is -2.27. The topological polar surface area (TPSA) is 131 Å². The Morgan fingerprint density at radius 1 is 0.886 bits per heavy atom. The highest BCUT2D eigenvalue weighted by atomic mass is 16.6. The van der Waals surface area contributed by atoms with Crippen LogP contribution in [0.15, 0.2) is 78.9 Å². The average Bonchev–Trinajstić information content (AvgIpc) is 3.32. The average molecular weight is 601 g/mol. The summed E-state index contributed by atoms with van der Waals surface area (Å²) < 4.78 is 16.6. The molecule has 2 N–H and O–H groups in total. The van der Waals surface area contributed by atoms with E-state index in [1.165, 1.54) is 0 Å². The maximum Gasteiger partial charge on any atom is 0.410 e. The second kappa shape index (κ2) is 12.4. The van der Waals surface area contributed by atoms with Crippen LogP contribution >= 0.6 is 0 Å². The van der Waals surface area contributed by atoms with Crippen LogP contribution in [-0.4, -0.2) is 64.5 Å². The van der Waals surface area contributed by atoms with Gasteiger partial charge in [0.1, 0.15) is 24.9 Å². The van der Waals surface area contributed by atoms with E-state index in [4.69, 9.17) is 14.2 Å². The van der Waals surface area contributed by atoms with Crippen molar-refractivity contribution in [2.24, 2.45) is 0 Å². The maximum absolute atomic E-state index is 13.3. The van der Waals surface area contributed by atoms with E-state index >= 15 is 0 Å². The smallest absolute Gasteiger partial charge is 0.410 e. The number of carboxylic acid groups (broad SMARTS) is 1. The summed E-state index contributed by atoms with van der Waals surface area (Å²) in [7, 11) is 0. The molecule has 230 valence electrons. The summed E-state index contributed by atoms with van der Waals surface area (Å²) in [6.07, 6.45) is -2.06. The van der Waals surface area contributed by atoms with Crippen LogP contribution < -0.4 is 5.32 Å². The zero-order valence-corrected chi connectivity index (χ0v) is 24.9. The number of hydrogen-bond acceptors (Lipinski definition) is 7. The largest absolute Gasteiger partial charge is 0.479 e. The van der Waals surface area contributed by atoms with Gasteiger partial charge in [0.25, 0.3) is 0 Å². The molecule has 0 saturated carbocycles. The Morgan fingerprint density at radius 3 is 2.07 bits per heavy atom. The third-order valence-electron chi connectivity index (χ3n) is 7.87. The van der Waals surface area contributed by atoms with Gasteiger partial charge in [-0.15, -0.1) is 0 Å². The van der Waals surface area contributed by atoms with Crippen LogP contribution in [0.5, 0.6) is 0 Å². The minimum atomic E-state index is -1.92. The standard InChI is InChI=1S/C34H36N2O8/c1-33(2,3)44-29(37)28-17-18-34(30(38)39,21-36(28)32(41)43-19-22-11-5-4-6-12-22)35-31(40)42-20-27-25-15-9-7-13-23(25)24-14-8-10-16-26(24)27/h4-16,27-28H,17-21H2,1-3H3,(H,35,40)(H,38,39)/t28-,34-/m0/s1. The van der Waals surface area contributed by atoms with Crippen molar-refractivity contribution >= 4 is 24.1 Å². The van der Waals surface area contributed by atoms with Crippen molar-refractivity contribution in [2.75, 3.05) is 13.2 Å². The number of amides is 2. The quantitative estimate of drug-likeness (QED) is 0.269. The summed E-state index contributed by atoms with van der Waals surface area (Å²) in [6.45, 7) is 4.48. The van der Waals surface area contributed by atoms with E-state index in [1.54, 1.807) is 45.0 Å². The summed E-state index contributed by atoms with van der Waals surface area (Å²) in [4.78, 5) is 53.3. The minimum absolute atomic E-state index is 0.0150. The first-order chi connectivity index (χ1) is 21.0. The predicted molar refractivity (Wildman–Crippen MR) is 161 cm³/mol. The number of esters is 1. The van der Waals surface area contributed by atoms with Crippen LogP contribution in [-0.2, 0) is 30.4 Å². The van der Waals surface area contributed by atoms with Gasteiger partial charge in [0.2, 0.25) is 0 Å². The van der Waals surface area contributed by atoms with Gasteiger partial charge in [0.05, 0.1) is 6.54 Å². The zero-order valence-electron chi connectivity index (χ0n) is 24.9. The monoisotopic (exact) mass is 600 g/mol. The van der Waals surface area contributed by atoms with E-state index in [0.717, 1.165) is 27.2 Å². The van der Waals surface area contributed by atoms with E-state index in [0.29, 0.717) is 5.56 Å². The molecule has 3 aromatic rings. The highest BCUT2D eigenvalue weighted by Gasteiger charge is 2.51. The Balaban J connectivity index is 1.32. The molecule has 44 heavy (non-hydrogen) atoms. The second-order valence-electron chi connectivity index (χ2n) is 12.1. The molecule has 2 atom stereocenters.